The van der Waals surface area contributed by atoms with E-state index in [1.165, 1.54) is 6.26 Å². The first-order chi connectivity index (χ1) is 11.9. The lowest BCUT2D eigenvalue weighted by Gasteiger charge is -2.17. The minimum absolute atomic E-state index is 0.0294. The van der Waals surface area contributed by atoms with Gasteiger partial charge in [0.25, 0.3) is 0 Å². The summed E-state index contributed by atoms with van der Waals surface area (Å²) < 4.78 is 31.3. The molecule has 2 atom stereocenters. The van der Waals surface area contributed by atoms with Crippen molar-refractivity contribution in [3.8, 4) is 11.6 Å². The van der Waals surface area contributed by atoms with Crippen LogP contribution < -0.4 is 4.72 Å². The SMILES string of the molecule is CCCC1CN(Cc2cnc(-c3ccco3)nc2)CC1NS(C)(=O)=O. The third-order valence-electron chi connectivity index (χ3n) is 4.39. The first kappa shape index (κ1) is 18.0. The largest absolute Gasteiger partial charge is 0.461 e. The maximum Gasteiger partial charge on any atom is 0.209 e. The molecule has 2 aromatic heterocycles. The highest BCUT2D eigenvalue weighted by Crippen LogP contribution is 2.24. The van der Waals surface area contributed by atoms with Crippen LogP contribution in [0.4, 0.5) is 0 Å². The maximum absolute atomic E-state index is 11.6. The minimum atomic E-state index is -3.20. The molecular weight excluding hydrogens is 340 g/mol. The maximum atomic E-state index is 11.6. The second-order valence-corrected chi connectivity index (χ2v) is 8.41. The van der Waals surface area contributed by atoms with Crippen molar-refractivity contribution in [2.24, 2.45) is 5.92 Å². The lowest BCUT2D eigenvalue weighted by atomic mass is 9.99. The summed E-state index contributed by atoms with van der Waals surface area (Å²) in [5, 5.41) is 0. The van der Waals surface area contributed by atoms with E-state index in [0.29, 0.717) is 30.6 Å². The second kappa shape index (κ2) is 7.63. The molecule has 1 saturated heterocycles. The van der Waals surface area contributed by atoms with Gasteiger partial charge in [0.2, 0.25) is 10.0 Å². The van der Waals surface area contributed by atoms with Crippen LogP contribution in [0.3, 0.4) is 0 Å². The van der Waals surface area contributed by atoms with Crippen LogP contribution in [0.15, 0.2) is 35.2 Å². The average molecular weight is 364 g/mol. The van der Waals surface area contributed by atoms with E-state index in [1.807, 2.05) is 6.07 Å². The molecule has 0 radical (unpaired) electrons. The molecule has 136 valence electrons. The van der Waals surface area contributed by atoms with Gasteiger partial charge in [-0.3, -0.25) is 4.90 Å². The van der Waals surface area contributed by atoms with Crippen molar-refractivity contribution in [1.82, 2.24) is 19.6 Å². The Bertz CT molecular complexity index is 775. The van der Waals surface area contributed by atoms with Gasteiger partial charge in [-0.15, -0.1) is 0 Å². The predicted molar refractivity (Wildman–Crippen MR) is 95.2 cm³/mol. The third-order valence-corrected chi connectivity index (χ3v) is 5.13. The van der Waals surface area contributed by atoms with E-state index < -0.39 is 10.0 Å². The standard InChI is InChI=1S/C17H24N4O3S/c1-3-5-14-11-21(12-15(14)20-25(2,22)23)10-13-8-18-17(19-9-13)16-6-4-7-24-16/h4,6-9,14-15,20H,3,5,10-12H2,1-2H3. The Morgan fingerprint density at radius 2 is 2.08 bits per heavy atom. The van der Waals surface area contributed by atoms with E-state index in [0.717, 1.165) is 24.9 Å². The van der Waals surface area contributed by atoms with Crippen molar-refractivity contribution in [3.05, 3.63) is 36.4 Å². The first-order valence-electron chi connectivity index (χ1n) is 8.49. The van der Waals surface area contributed by atoms with Gasteiger partial charge in [0.1, 0.15) is 0 Å². The van der Waals surface area contributed by atoms with Crippen LogP contribution in [-0.4, -0.2) is 48.7 Å². The normalized spacial score (nSPS) is 21.7. The molecule has 0 aliphatic carbocycles. The summed E-state index contributed by atoms with van der Waals surface area (Å²) in [5.41, 5.74) is 1.01. The summed E-state index contributed by atoms with van der Waals surface area (Å²) in [5.74, 6) is 1.55. The van der Waals surface area contributed by atoms with Gasteiger partial charge < -0.3 is 4.42 Å². The molecule has 1 fully saturated rings. The van der Waals surface area contributed by atoms with Gasteiger partial charge in [-0.2, -0.15) is 0 Å². The van der Waals surface area contributed by atoms with Crippen molar-refractivity contribution in [2.75, 3.05) is 19.3 Å². The molecule has 0 spiro atoms. The van der Waals surface area contributed by atoms with Gasteiger partial charge in [0, 0.05) is 43.6 Å². The van der Waals surface area contributed by atoms with Crippen LogP contribution in [0.1, 0.15) is 25.3 Å². The van der Waals surface area contributed by atoms with Crippen LogP contribution in [-0.2, 0) is 16.6 Å². The summed E-state index contributed by atoms with van der Waals surface area (Å²) in [4.78, 5) is 11.0. The summed E-state index contributed by atoms with van der Waals surface area (Å²) >= 11 is 0. The fraction of sp³-hybridized carbons (Fsp3) is 0.529. The van der Waals surface area contributed by atoms with Crippen molar-refractivity contribution in [3.63, 3.8) is 0 Å². The Hall–Kier alpha value is -1.77. The molecule has 0 amide bonds. The molecule has 1 N–H and O–H groups in total. The summed E-state index contributed by atoms with van der Waals surface area (Å²) in [6.07, 6.45) is 8.48. The quantitative estimate of drug-likeness (QED) is 0.807. The van der Waals surface area contributed by atoms with Crippen LogP contribution in [0.5, 0.6) is 0 Å². The molecule has 2 aromatic rings. The first-order valence-corrected chi connectivity index (χ1v) is 10.4. The molecule has 3 rings (SSSR count). The van der Waals surface area contributed by atoms with E-state index >= 15 is 0 Å². The van der Waals surface area contributed by atoms with E-state index in [-0.39, 0.29) is 6.04 Å². The lowest BCUT2D eigenvalue weighted by molar-refractivity contribution is 0.311. The Morgan fingerprint density at radius 3 is 2.68 bits per heavy atom. The zero-order valence-electron chi connectivity index (χ0n) is 14.6. The Labute approximate surface area is 148 Å². The third kappa shape index (κ3) is 4.87. The molecule has 0 bridgehead atoms. The van der Waals surface area contributed by atoms with Gasteiger partial charge in [0.15, 0.2) is 11.6 Å². The monoisotopic (exact) mass is 364 g/mol. The average Bonchev–Trinajstić information content (AvgIpc) is 3.18. The highest BCUT2D eigenvalue weighted by atomic mass is 32.2. The number of hydrogen-bond donors (Lipinski definition) is 1. The van der Waals surface area contributed by atoms with Crippen molar-refractivity contribution >= 4 is 10.0 Å². The van der Waals surface area contributed by atoms with Gasteiger partial charge in [-0.25, -0.2) is 23.1 Å². The van der Waals surface area contributed by atoms with E-state index in [4.69, 9.17) is 4.42 Å². The number of nitrogens with zero attached hydrogens (tertiary/aromatic N) is 3. The van der Waals surface area contributed by atoms with Gasteiger partial charge in [-0.1, -0.05) is 13.3 Å². The highest BCUT2D eigenvalue weighted by molar-refractivity contribution is 7.88. The Morgan fingerprint density at radius 1 is 1.32 bits per heavy atom. The molecule has 2 unspecified atom stereocenters. The number of likely N-dealkylation sites (tertiary alicyclic amines) is 1. The van der Waals surface area contributed by atoms with Crippen molar-refractivity contribution < 1.29 is 12.8 Å². The fourth-order valence-electron chi connectivity index (χ4n) is 3.39. The van der Waals surface area contributed by atoms with Crippen molar-refractivity contribution in [1.29, 1.82) is 0 Å². The fourth-order valence-corrected chi connectivity index (χ4v) is 4.21. The number of sulfonamides is 1. The lowest BCUT2D eigenvalue weighted by Crippen LogP contribution is -2.39. The minimum Gasteiger partial charge on any atom is -0.461 e. The van der Waals surface area contributed by atoms with E-state index in [1.54, 1.807) is 24.7 Å². The summed E-state index contributed by atoms with van der Waals surface area (Å²) in [6.45, 7) is 4.42. The van der Waals surface area contributed by atoms with Gasteiger partial charge >= 0.3 is 0 Å². The van der Waals surface area contributed by atoms with Crippen LogP contribution >= 0.6 is 0 Å². The molecule has 0 saturated carbocycles. The van der Waals surface area contributed by atoms with Gasteiger partial charge in [0.05, 0.1) is 12.5 Å². The predicted octanol–water partition coefficient (Wildman–Crippen LogP) is 1.89. The van der Waals surface area contributed by atoms with Crippen LogP contribution in [0.25, 0.3) is 11.6 Å². The van der Waals surface area contributed by atoms with Crippen molar-refractivity contribution in [2.45, 2.75) is 32.4 Å². The van der Waals surface area contributed by atoms with Crippen LogP contribution in [0.2, 0.25) is 0 Å². The molecule has 1 aliphatic heterocycles. The zero-order valence-corrected chi connectivity index (χ0v) is 15.4. The summed E-state index contributed by atoms with van der Waals surface area (Å²) in [6, 6.07) is 3.60. The number of nitrogens with one attached hydrogen (secondary N) is 1. The van der Waals surface area contributed by atoms with E-state index in [9.17, 15) is 8.42 Å². The summed E-state index contributed by atoms with van der Waals surface area (Å²) in [7, 11) is -3.20. The molecule has 25 heavy (non-hydrogen) atoms. The Kier molecular flexibility index (Phi) is 5.51. The molecule has 1 aliphatic rings. The topological polar surface area (TPSA) is 88.3 Å². The number of rotatable bonds is 7. The molecule has 3 heterocycles. The highest BCUT2D eigenvalue weighted by Gasteiger charge is 2.33. The molecule has 8 heteroatoms. The Balaban J connectivity index is 1.64. The number of aromatic nitrogens is 2. The number of hydrogen-bond acceptors (Lipinski definition) is 6. The van der Waals surface area contributed by atoms with Gasteiger partial charge in [-0.05, 0) is 24.5 Å². The van der Waals surface area contributed by atoms with Crippen LogP contribution in [0, 0.1) is 5.92 Å². The smallest absolute Gasteiger partial charge is 0.209 e. The number of furan rings is 1. The van der Waals surface area contributed by atoms with E-state index in [2.05, 4.69) is 26.5 Å². The molecule has 0 aromatic carbocycles. The zero-order chi connectivity index (χ0) is 17.9. The second-order valence-electron chi connectivity index (χ2n) is 6.63. The molecule has 7 nitrogen and oxygen atoms in total. The molecular formula is C17H24N4O3S.